The van der Waals surface area contributed by atoms with Gasteiger partial charge in [-0.05, 0) is 25.0 Å². The number of carbonyl (C=O) groups is 1. The number of carboxylic acids is 1. The summed E-state index contributed by atoms with van der Waals surface area (Å²) in [5.74, 6) is -0.0997. The number of nitrogens with two attached hydrogens (primary N) is 1. The van der Waals surface area contributed by atoms with Gasteiger partial charge >= 0.3 is 5.97 Å². The third-order valence-electron chi connectivity index (χ3n) is 2.04. The molecule has 1 aromatic rings. The third kappa shape index (κ3) is 3.50. The Labute approximate surface area is 88.7 Å². The minimum absolute atomic E-state index is 0.0954. The van der Waals surface area contributed by atoms with Gasteiger partial charge in [-0.2, -0.15) is 0 Å². The van der Waals surface area contributed by atoms with Gasteiger partial charge in [0.05, 0.1) is 6.61 Å². The van der Waals surface area contributed by atoms with Crippen molar-refractivity contribution in [3.05, 3.63) is 23.8 Å². The lowest BCUT2D eigenvalue weighted by Crippen LogP contribution is -2.01. The van der Waals surface area contributed by atoms with Gasteiger partial charge in [-0.1, -0.05) is 6.07 Å². The summed E-state index contributed by atoms with van der Waals surface area (Å²) < 4.78 is 5.27. The first-order chi connectivity index (χ1) is 7.13. The molecule has 3 N–H and O–H groups in total. The molecule has 0 fully saturated rings. The van der Waals surface area contributed by atoms with E-state index in [9.17, 15) is 4.79 Å². The summed E-state index contributed by atoms with van der Waals surface area (Å²) >= 11 is 0. The van der Waals surface area contributed by atoms with Crippen molar-refractivity contribution in [2.75, 3.05) is 12.3 Å². The number of hydrogen-bond acceptors (Lipinski definition) is 3. The highest BCUT2D eigenvalue weighted by atomic mass is 16.5. The molecule has 1 aromatic carbocycles. The zero-order valence-corrected chi connectivity index (χ0v) is 8.69. The van der Waals surface area contributed by atoms with Crippen molar-refractivity contribution in [3.63, 3.8) is 0 Å². The Morgan fingerprint density at radius 1 is 1.53 bits per heavy atom. The van der Waals surface area contributed by atoms with Crippen LogP contribution in [0.2, 0.25) is 0 Å². The van der Waals surface area contributed by atoms with Gasteiger partial charge < -0.3 is 15.6 Å². The Hall–Kier alpha value is -1.71. The zero-order valence-electron chi connectivity index (χ0n) is 8.69. The first-order valence-electron chi connectivity index (χ1n) is 4.86. The molecule has 0 aliphatic heterocycles. The van der Waals surface area contributed by atoms with E-state index in [1.807, 2.05) is 13.0 Å². The van der Waals surface area contributed by atoms with E-state index in [0.29, 0.717) is 24.5 Å². The summed E-state index contributed by atoms with van der Waals surface area (Å²) in [6.07, 6.45) is 0.547. The van der Waals surface area contributed by atoms with Crippen molar-refractivity contribution in [1.82, 2.24) is 0 Å². The van der Waals surface area contributed by atoms with Crippen LogP contribution in [0.3, 0.4) is 0 Å². The molecule has 0 atom stereocenters. The van der Waals surface area contributed by atoms with Gasteiger partial charge in [-0.15, -0.1) is 0 Å². The predicted octanol–water partition coefficient (Wildman–Crippen LogP) is 1.68. The fourth-order valence-electron chi connectivity index (χ4n) is 1.30. The highest BCUT2D eigenvalue weighted by Gasteiger charge is 2.04. The lowest BCUT2D eigenvalue weighted by molar-refractivity contribution is -0.136. The molecule has 0 saturated carbocycles. The Morgan fingerprint density at radius 3 is 2.80 bits per heavy atom. The van der Waals surface area contributed by atoms with Gasteiger partial charge in [0.1, 0.15) is 5.75 Å². The van der Waals surface area contributed by atoms with Crippen LogP contribution in [0.5, 0.6) is 5.75 Å². The first-order valence-corrected chi connectivity index (χ1v) is 4.86. The molecular weight excluding hydrogens is 194 g/mol. The molecule has 0 unspecified atom stereocenters. The summed E-state index contributed by atoms with van der Waals surface area (Å²) in [6, 6.07) is 5.33. The summed E-state index contributed by atoms with van der Waals surface area (Å²) in [6.45, 7) is 2.49. The number of nitrogen functional groups attached to an aromatic ring is 1. The van der Waals surface area contributed by atoms with Crippen LogP contribution >= 0.6 is 0 Å². The van der Waals surface area contributed by atoms with E-state index in [-0.39, 0.29) is 6.42 Å². The quantitative estimate of drug-likeness (QED) is 0.724. The fraction of sp³-hybridized carbons (Fsp3) is 0.364. The van der Waals surface area contributed by atoms with Gasteiger partial charge in [0, 0.05) is 18.2 Å². The maximum atomic E-state index is 10.4. The van der Waals surface area contributed by atoms with Crippen LogP contribution in [0.15, 0.2) is 18.2 Å². The Bertz CT molecular complexity index is 350. The average Bonchev–Trinajstić information content (AvgIpc) is 2.17. The van der Waals surface area contributed by atoms with Crippen LogP contribution < -0.4 is 10.5 Å². The molecule has 4 heteroatoms. The molecule has 0 amide bonds. The van der Waals surface area contributed by atoms with Gasteiger partial charge in [0.25, 0.3) is 0 Å². The van der Waals surface area contributed by atoms with Gasteiger partial charge in [-0.25, -0.2) is 0 Å². The monoisotopic (exact) mass is 209 g/mol. The van der Waals surface area contributed by atoms with E-state index in [4.69, 9.17) is 15.6 Å². The molecule has 0 saturated heterocycles. The van der Waals surface area contributed by atoms with Crippen LogP contribution in [0, 0.1) is 0 Å². The highest BCUT2D eigenvalue weighted by molar-refractivity contribution is 5.67. The third-order valence-corrected chi connectivity index (χ3v) is 2.04. The smallest absolute Gasteiger partial charge is 0.303 e. The highest BCUT2D eigenvalue weighted by Crippen LogP contribution is 2.21. The van der Waals surface area contributed by atoms with Gasteiger partial charge in [0.15, 0.2) is 0 Å². The van der Waals surface area contributed by atoms with Crippen LogP contribution in [0.1, 0.15) is 18.9 Å². The van der Waals surface area contributed by atoms with Crippen molar-refractivity contribution in [2.45, 2.75) is 19.8 Å². The van der Waals surface area contributed by atoms with E-state index in [2.05, 4.69) is 0 Å². The number of hydrogen-bond donors (Lipinski definition) is 2. The SMILES string of the molecule is CCOc1ccc(CCC(=O)O)c(N)c1. The number of carboxylic acid groups (broad SMARTS) is 1. The van der Waals surface area contributed by atoms with Crippen LogP contribution in [0.4, 0.5) is 5.69 Å². The van der Waals surface area contributed by atoms with E-state index < -0.39 is 5.97 Å². The van der Waals surface area contributed by atoms with E-state index >= 15 is 0 Å². The predicted molar refractivity (Wildman–Crippen MR) is 58.0 cm³/mol. The molecule has 4 nitrogen and oxygen atoms in total. The van der Waals surface area contributed by atoms with E-state index in [0.717, 1.165) is 5.56 Å². The standard InChI is InChI=1S/C11H15NO3/c1-2-15-9-5-3-8(10(12)7-9)4-6-11(13)14/h3,5,7H,2,4,6,12H2,1H3,(H,13,14). The first kappa shape index (κ1) is 11.4. The molecule has 0 aliphatic rings. The van der Waals surface area contributed by atoms with Crippen molar-refractivity contribution >= 4 is 11.7 Å². The molecule has 82 valence electrons. The fourth-order valence-corrected chi connectivity index (χ4v) is 1.30. The van der Waals surface area contributed by atoms with E-state index in [1.54, 1.807) is 12.1 Å². The second-order valence-corrected chi connectivity index (χ2v) is 3.19. The summed E-state index contributed by atoms with van der Waals surface area (Å²) in [4.78, 5) is 10.4. The average molecular weight is 209 g/mol. The number of aryl methyl sites for hydroxylation is 1. The molecule has 0 radical (unpaired) electrons. The molecule has 15 heavy (non-hydrogen) atoms. The van der Waals surface area contributed by atoms with Crippen molar-refractivity contribution < 1.29 is 14.6 Å². The Morgan fingerprint density at radius 2 is 2.27 bits per heavy atom. The summed E-state index contributed by atoms with van der Waals surface area (Å²) in [5.41, 5.74) is 7.20. The second-order valence-electron chi connectivity index (χ2n) is 3.19. The number of aliphatic carboxylic acids is 1. The topological polar surface area (TPSA) is 72.5 Å². The normalized spacial score (nSPS) is 9.93. The largest absolute Gasteiger partial charge is 0.494 e. The molecule has 0 aliphatic carbocycles. The Balaban J connectivity index is 2.70. The van der Waals surface area contributed by atoms with Crippen LogP contribution in [0.25, 0.3) is 0 Å². The molecule has 0 spiro atoms. The van der Waals surface area contributed by atoms with Crippen LogP contribution in [-0.4, -0.2) is 17.7 Å². The zero-order chi connectivity index (χ0) is 11.3. The summed E-state index contributed by atoms with van der Waals surface area (Å²) in [5, 5.41) is 8.54. The maximum absolute atomic E-state index is 10.4. The molecular formula is C11H15NO3. The molecule has 0 aromatic heterocycles. The van der Waals surface area contributed by atoms with Crippen molar-refractivity contribution in [3.8, 4) is 5.75 Å². The van der Waals surface area contributed by atoms with Crippen molar-refractivity contribution in [1.29, 1.82) is 0 Å². The van der Waals surface area contributed by atoms with Crippen molar-refractivity contribution in [2.24, 2.45) is 0 Å². The second kappa shape index (κ2) is 5.24. The number of ether oxygens (including phenoxy) is 1. The number of rotatable bonds is 5. The van der Waals surface area contributed by atoms with Gasteiger partial charge in [-0.3, -0.25) is 4.79 Å². The minimum Gasteiger partial charge on any atom is -0.494 e. The molecule has 0 bridgehead atoms. The lowest BCUT2D eigenvalue weighted by Gasteiger charge is -2.07. The number of benzene rings is 1. The molecule has 0 heterocycles. The maximum Gasteiger partial charge on any atom is 0.303 e. The van der Waals surface area contributed by atoms with Gasteiger partial charge in [0.2, 0.25) is 0 Å². The minimum atomic E-state index is -0.816. The summed E-state index contributed by atoms with van der Waals surface area (Å²) in [7, 11) is 0. The molecule has 1 rings (SSSR count). The lowest BCUT2D eigenvalue weighted by atomic mass is 10.1. The van der Waals surface area contributed by atoms with Crippen LogP contribution in [-0.2, 0) is 11.2 Å². The number of anilines is 1. The van der Waals surface area contributed by atoms with E-state index in [1.165, 1.54) is 0 Å². The Kier molecular flexibility index (Phi) is 3.97.